The molecule has 0 bridgehead atoms. The van der Waals surface area contributed by atoms with Gasteiger partial charge >= 0.3 is 12.1 Å². The number of ether oxygens (including phenoxy) is 2. The van der Waals surface area contributed by atoms with Gasteiger partial charge in [0, 0.05) is 21.9 Å². The van der Waals surface area contributed by atoms with Crippen LogP contribution in [0.3, 0.4) is 0 Å². The summed E-state index contributed by atoms with van der Waals surface area (Å²) in [6, 6.07) is 6.57. The van der Waals surface area contributed by atoms with Gasteiger partial charge in [0.25, 0.3) is 5.56 Å². The third-order valence-corrected chi connectivity index (χ3v) is 7.20. The van der Waals surface area contributed by atoms with E-state index in [0.717, 1.165) is 16.5 Å². The fourth-order valence-corrected chi connectivity index (χ4v) is 5.39. The Labute approximate surface area is 207 Å². The molecule has 2 N–H and O–H groups in total. The molecule has 0 fully saturated rings. The lowest BCUT2D eigenvalue weighted by Gasteiger charge is -2.41. The Morgan fingerprint density at radius 2 is 1.97 bits per heavy atom. The molecule has 2 aliphatic heterocycles. The topological polar surface area (TPSA) is 128 Å². The zero-order valence-electron chi connectivity index (χ0n) is 20.8. The first-order chi connectivity index (χ1) is 16.9. The fourth-order valence-electron chi connectivity index (χ4n) is 5.39. The van der Waals surface area contributed by atoms with Gasteiger partial charge in [-0.25, -0.2) is 14.6 Å². The Kier molecular flexibility index (Phi) is 5.26. The number of cyclic esters (lactones) is 1. The van der Waals surface area contributed by atoms with Gasteiger partial charge in [-0.1, -0.05) is 34.6 Å². The average Bonchev–Trinajstić information content (AvgIpc) is 3.17. The monoisotopic (exact) mass is 492 g/mol. The van der Waals surface area contributed by atoms with Crippen molar-refractivity contribution in [2.24, 2.45) is 5.41 Å². The van der Waals surface area contributed by atoms with Gasteiger partial charge in [0.05, 0.1) is 29.0 Å². The highest BCUT2D eigenvalue weighted by Gasteiger charge is 2.51. The predicted octanol–water partition coefficient (Wildman–Crippen LogP) is 4.29. The number of rotatable bonds is 3. The number of carbonyl (C=O) groups is 2. The maximum absolute atomic E-state index is 14.0. The highest BCUT2D eigenvalue weighted by Crippen LogP contribution is 2.47. The summed E-state index contributed by atoms with van der Waals surface area (Å²) >= 11 is 0. The molecule has 0 radical (unpaired) electrons. The molecule has 0 saturated carbocycles. The Hall–Kier alpha value is -3.72. The number of esters is 1. The van der Waals surface area contributed by atoms with Crippen LogP contribution < -0.4 is 10.3 Å². The molecule has 188 valence electrons. The van der Waals surface area contributed by atoms with Crippen LogP contribution in [-0.2, 0) is 28.1 Å². The van der Waals surface area contributed by atoms with Gasteiger partial charge in [0.2, 0.25) is 0 Å². The number of pyridine rings is 2. The number of aryl methyl sites for hydroxylation is 1. The summed E-state index contributed by atoms with van der Waals surface area (Å²) in [7, 11) is 0. The van der Waals surface area contributed by atoms with Crippen molar-refractivity contribution in [3.05, 3.63) is 56.9 Å². The minimum Gasteiger partial charge on any atom is -0.454 e. The molecule has 0 spiro atoms. The Morgan fingerprint density at radius 1 is 1.25 bits per heavy atom. The maximum Gasteiger partial charge on any atom is 0.511 e. The van der Waals surface area contributed by atoms with Crippen LogP contribution in [0.25, 0.3) is 22.3 Å². The van der Waals surface area contributed by atoms with Crippen molar-refractivity contribution >= 4 is 23.0 Å². The molecule has 4 heterocycles. The number of aliphatic hydroxyl groups is 1. The molecule has 2 aromatic heterocycles. The van der Waals surface area contributed by atoms with Crippen LogP contribution in [0.4, 0.5) is 4.79 Å². The molecule has 36 heavy (non-hydrogen) atoms. The van der Waals surface area contributed by atoms with Crippen molar-refractivity contribution in [3.63, 3.8) is 0 Å². The van der Waals surface area contributed by atoms with Gasteiger partial charge in [-0.3, -0.25) is 4.79 Å². The second-order valence-electron chi connectivity index (χ2n) is 10.4. The first-order valence-electron chi connectivity index (χ1n) is 12.0. The van der Waals surface area contributed by atoms with Crippen molar-refractivity contribution < 1.29 is 29.3 Å². The van der Waals surface area contributed by atoms with Crippen molar-refractivity contribution in [2.75, 3.05) is 0 Å². The smallest absolute Gasteiger partial charge is 0.454 e. The van der Waals surface area contributed by atoms with Crippen molar-refractivity contribution in [3.8, 4) is 17.1 Å². The van der Waals surface area contributed by atoms with E-state index >= 15 is 0 Å². The second kappa shape index (κ2) is 7.89. The Bertz CT molecular complexity index is 1520. The molecule has 1 unspecified atom stereocenters. The number of carboxylic acid groups (broad SMARTS) is 1. The van der Waals surface area contributed by atoms with Gasteiger partial charge in [0.1, 0.15) is 11.9 Å². The lowest BCUT2D eigenvalue weighted by atomic mass is 9.76. The molecule has 5 rings (SSSR count). The van der Waals surface area contributed by atoms with Crippen LogP contribution in [0.15, 0.2) is 29.1 Å². The first-order valence-corrected chi connectivity index (χ1v) is 12.0. The van der Waals surface area contributed by atoms with Crippen LogP contribution in [-0.4, -0.2) is 31.9 Å². The van der Waals surface area contributed by atoms with E-state index in [1.54, 1.807) is 29.7 Å². The second-order valence-corrected chi connectivity index (χ2v) is 10.4. The van der Waals surface area contributed by atoms with Crippen molar-refractivity contribution in [2.45, 2.75) is 65.7 Å². The number of hydrogen-bond donors (Lipinski definition) is 2. The van der Waals surface area contributed by atoms with E-state index < -0.39 is 29.2 Å². The van der Waals surface area contributed by atoms with E-state index in [-0.39, 0.29) is 29.8 Å². The van der Waals surface area contributed by atoms with E-state index in [1.807, 2.05) is 27.7 Å². The summed E-state index contributed by atoms with van der Waals surface area (Å²) in [5, 5.41) is 21.1. The zero-order valence-corrected chi connectivity index (χ0v) is 20.8. The molecule has 2 aliphatic rings. The zero-order chi connectivity index (χ0) is 26.2. The highest BCUT2D eigenvalue weighted by atomic mass is 16.7. The minimum absolute atomic E-state index is 0.0587. The molecule has 0 saturated heterocycles. The molecular weight excluding hydrogens is 464 g/mol. The molecule has 1 aromatic carbocycles. The molecular formula is C27H28N2O7. The van der Waals surface area contributed by atoms with Crippen LogP contribution >= 0.6 is 0 Å². The minimum atomic E-state index is -1.93. The van der Waals surface area contributed by atoms with Gasteiger partial charge in [-0.05, 0) is 42.7 Å². The quantitative estimate of drug-likeness (QED) is 0.320. The van der Waals surface area contributed by atoms with E-state index in [2.05, 4.69) is 0 Å². The first kappa shape index (κ1) is 24.0. The Morgan fingerprint density at radius 3 is 2.58 bits per heavy atom. The van der Waals surface area contributed by atoms with E-state index in [0.29, 0.717) is 28.9 Å². The summed E-state index contributed by atoms with van der Waals surface area (Å²) in [6.07, 6.45) is -1.54. The van der Waals surface area contributed by atoms with Crippen LogP contribution in [0, 0.1) is 5.41 Å². The van der Waals surface area contributed by atoms with Gasteiger partial charge in [-0.2, -0.15) is 0 Å². The predicted molar refractivity (Wildman–Crippen MR) is 131 cm³/mol. The van der Waals surface area contributed by atoms with E-state index in [1.165, 1.54) is 6.07 Å². The fraction of sp³-hybridized carbons (Fsp3) is 0.407. The number of fused-ring (bicyclic) bond motifs is 5. The number of nitrogens with zero attached hydrogens (tertiary/aromatic N) is 2. The largest absolute Gasteiger partial charge is 0.511 e. The summed E-state index contributed by atoms with van der Waals surface area (Å²) in [5.74, 6) is -0.571. The van der Waals surface area contributed by atoms with Gasteiger partial charge in [-0.15, -0.1) is 0 Å². The summed E-state index contributed by atoms with van der Waals surface area (Å²) in [6.45, 7) is 9.59. The van der Waals surface area contributed by atoms with Crippen molar-refractivity contribution in [1.82, 2.24) is 9.55 Å². The van der Waals surface area contributed by atoms with Crippen LogP contribution in [0.2, 0.25) is 0 Å². The summed E-state index contributed by atoms with van der Waals surface area (Å²) in [4.78, 5) is 42.8. The van der Waals surface area contributed by atoms with Crippen molar-refractivity contribution in [1.29, 1.82) is 0 Å². The lowest BCUT2D eigenvalue weighted by Crippen LogP contribution is -2.48. The van der Waals surface area contributed by atoms with Gasteiger partial charge in [0.15, 0.2) is 5.60 Å². The number of aromatic nitrogens is 2. The average molecular weight is 493 g/mol. The number of carbonyl (C=O) groups excluding carboxylic acids is 1. The van der Waals surface area contributed by atoms with Crippen LogP contribution in [0.1, 0.15) is 69.4 Å². The third-order valence-electron chi connectivity index (χ3n) is 7.20. The lowest BCUT2D eigenvalue weighted by molar-refractivity contribution is -0.184. The standard InChI is InChI=1S/C27H28N2O7/c1-6-14-15-10-13(35-25(32)33)8-9-18(15)28-21-16(14)12-29-19(21)11-17-20(23(29)30)22(26(3,4)5)36-24(31)27(17,34)7-2/h8-11,22,34H,6-7,12H2,1-5H3,(H,32,33)/t22-,27?/m1/s1. The molecule has 2 atom stereocenters. The number of hydrogen-bond acceptors (Lipinski definition) is 7. The van der Waals surface area contributed by atoms with Gasteiger partial charge < -0.3 is 24.3 Å². The van der Waals surface area contributed by atoms with Crippen LogP contribution in [0.5, 0.6) is 5.75 Å². The summed E-state index contributed by atoms with van der Waals surface area (Å²) in [5.41, 5.74) is 1.29. The molecule has 3 aromatic rings. The SMILES string of the molecule is CCc1c2c(nc3ccc(OC(=O)O)cc13)-c1cc3c(c(=O)n1C2)[C@H](C(C)(C)C)OC(=O)C3(O)CC. The normalized spacial score (nSPS) is 20.5. The molecule has 0 amide bonds. The Balaban J connectivity index is 1.79. The highest BCUT2D eigenvalue weighted by molar-refractivity contribution is 5.90. The molecule has 0 aliphatic carbocycles. The van der Waals surface area contributed by atoms with E-state index in [9.17, 15) is 19.5 Å². The molecule has 9 heteroatoms. The number of benzene rings is 1. The molecule has 9 nitrogen and oxygen atoms in total. The van der Waals surface area contributed by atoms with E-state index in [4.69, 9.17) is 19.6 Å². The maximum atomic E-state index is 14.0. The summed E-state index contributed by atoms with van der Waals surface area (Å²) < 4.78 is 12.1. The third kappa shape index (κ3) is 3.33.